The van der Waals surface area contributed by atoms with E-state index in [0.717, 1.165) is 5.69 Å². The largest absolute Gasteiger partial charge is 0.436 e. The van der Waals surface area contributed by atoms with Crippen molar-refractivity contribution in [3.8, 4) is 11.6 Å². The second kappa shape index (κ2) is 4.88. The van der Waals surface area contributed by atoms with Gasteiger partial charge in [-0.25, -0.2) is 14.4 Å². The van der Waals surface area contributed by atoms with Crippen molar-refractivity contribution in [3.63, 3.8) is 0 Å². The lowest BCUT2D eigenvalue weighted by Crippen LogP contribution is -1.98. The zero-order valence-electron chi connectivity index (χ0n) is 9.35. The van der Waals surface area contributed by atoms with E-state index in [4.69, 9.17) is 10.5 Å². The molecule has 0 atom stereocenters. The van der Waals surface area contributed by atoms with Crippen molar-refractivity contribution in [1.29, 1.82) is 0 Å². The van der Waals surface area contributed by atoms with Gasteiger partial charge in [-0.3, -0.25) is 0 Å². The van der Waals surface area contributed by atoms with E-state index in [0.29, 0.717) is 18.0 Å². The number of nitrogens with zero attached hydrogens (tertiary/aromatic N) is 2. The first-order valence-electron chi connectivity index (χ1n) is 5.14. The number of ether oxygens (including phenoxy) is 1. The molecular formula is C12H12FN3O. The van der Waals surface area contributed by atoms with Crippen LogP contribution in [0.25, 0.3) is 0 Å². The average molecular weight is 233 g/mol. The Morgan fingerprint density at radius 1 is 1.29 bits per heavy atom. The van der Waals surface area contributed by atoms with Gasteiger partial charge in [-0.15, -0.1) is 0 Å². The molecule has 0 aliphatic heterocycles. The molecule has 1 aromatic heterocycles. The van der Waals surface area contributed by atoms with Gasteiger partial charge in [0, 0.05) is 18.3 Å². The Labute approximate surface area is 98.3 Å². The summed E-state index contributed by atoms with van der Waals surface area (Å²) < 4.78 is 18.9. The average Bonchev–Trinajstić information content (AvgIpc) is 2.32. The lowest BCUT2D eigenvalue weighted by atomic mass is 10.2. The fourth-order valence-electron chi connectivity index (χ4n) is 1.35. The number of aromatic nitrogens is 2. The highest BCUT2D eigenvalue weighted by atomic mass is 19.1. The number of aryl methyl sites for hydroxylation is 1. The molecule has 5 heteroatoms. The molecule has 2 N–H and O–H groups in total. The molecule has 88 valence electrons. The Morgan fingerprint density at radius 2 is 2.12 bits per heavy atom. The van der Waals surface area contributed by atoms with Crippen molar-refractivity contribution in [1.82, 2.24) is 9.97 Å². The van der Waals surface area contributed by atoms with E-state index in [-0.39, 0.29) is 5.75 Å². The Kier molecular flexibility index (Phi) is 3.30. The maximum Gasteiger partial charge on any atom is 0.222 e. The first-order chi connectivity index (χ1) is 8.19. The number of halogens is 1. The van der Waals surface area contributed by atoms with Gasteiger partial charge >= 0.3 is 0 Å². The monoisotopic (exact) mass is 233 g/mol. The van der Waals surface area contributed by atoms with Crippen LogP contribution < -0.4 is 10.5 Å². The third kappa shape index (κ3) is 2.76. The van der Waals surface area contributed by atoms with Crippen LogP contribution in [0.15, 0.2) is 30.6 Å². The van der Waals surface area contributed by atoms with Crippen LogP contribution in [0.3, 0.4) is 0 Å². The standard InChI is InChI=1S/C12H12FN3O/c1-8-4-12(16-7-15-8)17-11-3-2-9(6-14)5-10(11)13/h2-5,7H,6,14H2,1H3. The van der Waals surface area contributed by atoms with E-state index in [2.05, 4.69) is 9.97 Å². The second-order valence-corrected chi connectivity index (χ2v) is 3.57. The number of hydrogen-bond donors (Lipinski definition) is 1. The van der Waals surface area contributed by atoms with Crippen LogP contribution in [0.4, 0.5) is 4.39 Å². The first-order valence-corrected chi connectivity index (χ1v) is 5.14. The van der Waals surface area contributed by atoms with Crippen LogP contribution in [0.1, 0.15) is 11.3 Å². The Bertz CT molecular complexity index is 531. The molecule has 0 saturated carbocycles. The third-order valence-electron chi connectivity index (χ3n) is 2.23. The summed E-state index contributed by atoms with van der Waals surface area (Å²) in [5, 5.41) is 0. The molecule has 0 radical (unpaired) electrons. The fourth-order valence-corrected chi connectivity index (χ4v) is 1.35. The van der Waals surface area contributed by atoms with Crippen molar-refractivity contribution in [2.24, 2.45) is 5.73 Å². The lowest BCUT2D eigenvalue weighted by Gasteiger charge is -2.06. The summed E-state index contributed by atoms with van der Waals surface area (Å²) in [6, 6.07) is 6.24. The van der Waals surface area contributed by atoms with Crippen LogP contribution in [-0.2, 0) is 6.54 Å². The van der Waals surface area contributed by atoms with Crippen molar-refractivity contribution < 1.29 is 9.13 Å². The molecule has 0 aliphatic rings. The molecule has 1 aromatic carbocycles. The lowest BCUT2D eigenvalue weighted by molar-refractivity contribution is 0.425. The van der Waals surface area contributed by atoms with Gasteiger partial charge in [0.1, 0.15) is 6.33 Å². The Balaban J connectivity index is 2.24. The molecule has 0 bridgehead atoms. The number of hydrogen-bond acceptors (Lipinski definition) is 4. The third-order valence-corrected chi connectivity index (χ3v) is 2.23. The van der Waals surface area contributed by atoms with E-state index in [1.54, 1.807) is 12.1 Å². The normalized spacial score (nSPS) is 10.3. The van der Waals surface area contributed by atoms with E-state index in [1.807, 2.05) is 6.92 Å². The minimum absolute atomic E-state index is 0.125. The summed E-state index contributed by atoms with van der Waals surface area (Å²) in [6.45, 7) is 2.10. The van der Waals surface area contributed by atoms with E-state index in [1.165, 1.54) is 18.5 Å². The molecule has 2 rings (SSSR count). The van der Waals surface area contributed by atoms with Gasteiger partial charge < -0.3 is 10.5 Å². The van der Waals surface area contributed by atoms with Crippen molar-refractivity contribution >= 4 is 0 Å². The van der Waals surface area contributed by atoms with Crippen molar-refractivity contribution in [2.75, 3.05) is 0 Å². The molecule has 0 spiro atoms. The molecule has 0 aliphatic carbocycles. The second-order valence-electron chi connectivity index (χ2n) is 3.57. The summed E-state index contributed by atoms with van der Waals surface area (Å²) in [7, 11) is 0. The molecule has 0 amide bonds. The fraction of sp³-hybridized carbons (Fsp3) is 0.167. The van der Waals surface area contributed by atoms with Gasteiger partial charge in [-0.2, -0.15) is 0 Å². The van der Waals surface area contributed by atoms with Gasteiger partial charge in [-0.1, -0.05) is 6.07 Å². The quantitative estimate of drug-likeness (QED) is 0.882. The molecule has 4 nitrogen and oxygen atoms in total. The molecule has 1 heterocycles. The molecule has 0 saturated heterocycles. The highest BCUT2D eigenvalue weighted by Gasteiger charge is 2.06. The predicted octanol–water partition coefficient (Wildman–Crippen LogP) is 2.18. The van der Waals surface area contributed by atoms with Crippen LogP contribution in [0.2, 0.25) is 0 Å². The minimum atomic E-state index is -0.454. The number of benzene rings is 1. The van der Waals surface area contributed by atoms with E-state index >= 15 is 0 Å². The highest BCUT2D eigenvalue weighted by Crippen LogP contribution is 2.23. The van der Waals surface area contributed by atoms with Crippen LogP contribution in [-0.4, -0.2) is 9.97 Å². The van der Waals surface area contributed by atoms with Crippen LogP contribution >= 0.6 is 0 Å². The molecule has 0 fully saturated rings. The summed E-state index contributed by atoms with van der Waals surface area (Å²) >= 11 is 0. The highest BCUT2D eigenvalue weighted by molar-refractivity contribution is 5.32. The van der Waals surface area contributed by atoms with Gasteiger partial charge in [0.05, 0.1) is 0 Å². The molecule has 2 aromatic rings. The van der Waals surface area contributed by atoms with E-state index in [9.17, 15) is 4.39 Å². The van der Waals surface area contributed by atoms with Gasteiger partial charge in [0.25, 0.3) is 0 Å². The summed E-state index contributed by atoms with van der Waals surface area (Å²) in [4.78, 5) is 7.82. The topological polar surface area (TPSA) is 61.0 Å². The zero-order chi connectivity index (χ0) is 12.3. The number of nitrogens with two attached hydrogens (primary N) is 1. The zero-order valence-corrected chi connectivity index (χ0v) is 9.35. The van der Waals surface area contributed by atoms with Gasteiger partial charge in [-0.05, 0) is 24.6 Å². The summed E-state index contributed by atoms with van der Waals surface area (Å²) in [6.07, 6.45) is 1.37. The van der Waals surface area contributed by atoms with E-state index < -0.39 is 5.82 Å². The summed E-state index contributed by atoms with van der Waals surface area (Å²) in [5.41, 5.74) is 6.89. The maximum absolute atomic E-state index is 13.6. The summed E-state index contributed by atoms with van der Waals surface area (Å²) in [5.74, 6) is -0.0126. The number of rotatable bonds is 3. The van der Waals surface area contributed by atoms with Gasteiger partial charge in [0.2, 0.25) is 5.88 Å². The molecular weight excluding hydrogens is 221 g/mol. The SMILES string of the molecule is Cc1cc(Oc2ccc(CN)cc2F)ncn1. The van der Waals surface area contributed by atoms with Gasteiger partial charge in [0.15, 0.2) is 11.6 Å². The smallest absolute Gasteiger partial charge is 0.222 e. The van der Waals surface area contributed by atoms with Crippen molar-refractivity contribution in [3.05, 3.63) is 47.7 Å². The Morgan fingerprint density at radius 3 is 2.76 bits per heavy atom. The van der Waals surface area contributed by atoms with Crippen LogP contribution in [0, 0.1) is 12.7 Å². The molecule has 17 heavy (non-hydrogen) atoms. The minimum Gasteiger partial charge on any atom is -0.436 e. The predicted molar refractivity (Wildman–Crippen MR) is 61.1 cm³/mol. The first kappa shape index (κ1) is 11.5. The van der Waals surface area contributed by atoms with Crippen molar-refractivity contribution in [2.45, 2.75) is 13.5 Å². The molecule has 0 unspecified atom stereocenters. The maximum atomic E-state index is 13.6. The van der Waals surface area contributed by atoms with Crippen LogP contribution in [0.5, 0.6) is 11.6 Å². The Hall–Kier alpha value is -2.01.